The minimum atomic E-state index is -0.653. The SMILES string of the molecule is CC(C)[C@H](N)C(=O)NCC(=O)Nc1ccc(C(=O)Nc2ccccc2)cc1. The van der Waals surface area contributed by atoms with E-state index in [4.69, 9.17) is 5.73 Å². The first-order valence-electron chi connectivity index (χ1n) is 8.66. The zero-order valence-corrected chi connectivity index (χ0v) is 15.4. The third-order valence-electron chi connectivity index (χ3n) is 3.91. The van der Waals surface area contributed by atoms with Gasteiger partial charge in [0.1, 0.15) is 0 Å². The summed E-state index contributed by atoms with van der Waals surface area (Å²) in [6, 6.07) is 15.0. The number of rotatable bonds is 7. The molecule has 7 heteroatoms. The number of hydrogen-bond donors (Lipinski definition) is 4. The molecule has 0 saturated carbocycles. The fourth-order valence-corrected chi connectivity index (χ4v) is 2.22. The Hall–Kier alpha value is -3.19. The molecule has 27 heavy (non-hydrogen) atoms. The molecule has 142 valence electrons. The lowest BCUT2D eigenvalue weighted by molar-refractivity contribution is -0.125. The number of anilines is 2. The molecule has 2 rings (SSSR count). The van der Waals surface area contributed by atoms with Crippen molar-refractivity contribution in [1.29, 1.82) is 0 Å². The van der Waals surface area contributed by atoms with Gasteiger partial charge in [0.2, 0.25) is 11.8 Å². The van der Waals surface area contributed by atoms with Gasteiger partial charge in [-0.25, -0.2) is 0 Å². The van der Waals surface area contributed by atoms with Crippen molar-refractivity contribution in [1.82, 2.24) is 5.32 Å². The van der Waals surface area contributed by atoms with Crippen LogP contribution >= 0.6 is 0 Å². The van der Waals surface area contributed by atoms with Crippen molar-refractivity contribution in [2.24, 2.45) is 11.7 Å². The molecule has 7 nitrogen and oxygen atoms in total. The van der Waals surface area contributed by atoms with Gasteiger partial charge in [0.15, 0.2) is 0 Å². The molecule has 0 spiro atoms. The summed E-state index contributed by atoms with van der Waals surface area (Å²) in [5, 5.41) is 7.94. The van der Waals surface area contributed by atoms with E-state index in [1.807, 2.05) is 32.0 Å². The van der Waals surface area contributed by atoms with Crippen LogP contribution in [0, 0.1) is 5.92 Å². The molecule has 0 heterocycles. The lowest BCUT2D eigenvalue weighted by Crippen LogP contribution is -2.46. The highest BCUT2D eigenvalue weighted by Crippen LogP contribution is 2.12. The number of nitrogens with two attached hydrogens (primary N) is 1. The van der Waals surface area contributed by atoms with Crippen LogP contribution in [-0.4, -0.2) is 30.3 Å². The van der Waals surface area contributed by atoms with E-state index in [2.05, 4.69) is 16.0 Å². The van der Waals surface area contributed by atoms with Gasteiger partial charge in [0.05, 0.1) is 12.6 Å². The van der Waals surface area contributed by atoms with E-state index in [9.17, 15) is 14.4 Å². The van der Waals surface area contributed by atoms with Crippen molar-refractivity contribution in [3.8, 4) is 0 Å². The molecule has 5 N–H and O–H groups in total. The molecule has 0 aromatic heterocycles. The van der Waals surface area contributed by atoms with Crippen LogP contribution in [0.1, 0.15) is 24.2 Å². The standard InChI is InChI=1S/C20H24N4O3/c1-13(2)18(21)20(27)22-12-17(25)23-16-10-8-14(9-11-16)19(26)24-15-6-4-3-5-7-15/h3-11,13,18H,12,21H2,1-2H3,(H,22,27)(H,23,25)(H,24,26)/t18-/m0/s1. The largest absolute Gasteiger partial charge is 0.346 e. The second-order valence-corrected chi connectivity index (χ2v) is 6.43. The van der Waals surface area contributed by atoms with Crippen LogP contribution in [0.2, 0.25) is 0 Å². The normalized spacial score (nSPS) is 11.6. The lowest BCUT2D eigenvalue weighted by atomic mass is 10.1. The van der Waals surface area contributed by atoms with Crippen molar-refractivity contribution < 1.29 is 14.4 Å². The van der Waals surface area contributed by atoms with Gasteiger partial charge >= 0.3 is 0 Å². The Bertz CT molecular complexity index is 789. The van der Waals surface area contributed by atoms with Crippen LogP contribution < -0.4 is 21.7 Å². The Morgan fingerprint density at radius 1 is 0.889 bits per heavy atom. The number of para-hydroxylation sites is 1. The van der Waals surface area contributed by atoms with Crippen LogP contribution in [0.3, 0.4) is 0 Å². The first kappa shape index (κ1) is 20.1. The second kappa shape index (κ2) is 9.49. The maximum atomic E-state index is 12.2. The van der Waals surface area contributed by atoms with Gasteiger partial charge in [0.25, 0.3) is 5.91 Å². The summed E-state index contributed by atoms with van der Waals surface area (Å²) in [7, 11) is 0. The Balaban J connectivity index is 1.85. The molecule has 0 aliphatic carbocycles. The maximum Gasteiger partial charge on any atom is 0.255 e. The summed E-state index contributed by atoms with van der Waals surface area (Å²) < 4.78 is 0. The van der Waals surface area contributed by atoms with Crippen molar-refractivity contribution in [3.63, 3.8) is 0 Å². The summed E-state index contributed by atoms with van der Waals surface area (Å²) in [5.41, 5.74) is 7.41. The zero-order chi connectivity index (χ0) is 19.8. The van der Waals surface area contributed by atoms with Gasteiger partial charge in [-0.2, -0.15) is 0 Å². The van der Waals surface area contributed by atoms with Crippen LogP contribution in [-0.2, 0) is 9.59 Å². The third-order valence-corrected chi connectivity index (χ3v) is 3.91. The molecule has 0 radical (unpaired) electrons. The van der Waals surface area contributed by atoms with E-state index >= 15 is 0 Å². The zero-order valence-electron chi connectivity index (χ0n) is 15.4. The van der Waals surface area contributed by atoms with Crippen LogP contribution in [0.5, 0.6) is 0 Å². The number of hydrogen-bond acceptors (Lipinski definition) is 4. The number of carbonyl (C=O) groups is 3. The predicted molar refractivity (Wildman–Crippen MR) is 105 cm³/mol. The molecule has 0 bridgehead atoms. The van der Waals surface area contributed by atoms with Gasteiger partial charge < -0.3 is 21.7 Å². The van der Waals surface area contributed by atoms with Gasteiger partial charge in [-0.05, 0) is 42.3 Å². The summed E-state index contributed by atoms with van der Waals surface area (Å²) in [6.45, 7) is 3.50. The predicted octanol–water partition coefficient (Wildman–Crippen LogP) is 1.98. The molecule has 0 saturated heterocycles. The molecule has 2 aromatic carbocycles. The topological polar surface area (TPSA) is 113 Å². The summed E-state index contributed by atoms with van der Waals surface area (Å²) in [6.07, 6.45) is 0. The Morgan fingerprint density at radius 3 is 2.07 bits per heavy atom. The Morgan fingerprint density at radius 2 is 1.48 bits per heavy atom. The molecule has 3 amide bonds. The van der Waals surface area contributed by atoms with Gasteiger partial charge in [-0.1, -0.05) is 32.0 Å². The van der Waals surface area contributed by atoms with E-state index in [1.54, 1.807) is 36.4 Å². The summed E-state index contributed by atoms with van der Waals surface area (Å²) in [4.78, 5) is 35.9. The minimum absolute atomic E-state index is 0.0114. The fraction of sp³-hybridized carbons (Fsp3) is 0.250. The van der Waals surface area contributed by atoms with Gasteiger partial charge in [-0.15, -0.1) is 0 Å². The Kier molecular flexibility index (Phi) is 7.08. The van der Waals surface area contributed by atoms with Gasteiger partial charge in [-0.3, -0.25) is 14.4 Å². The van der Waals surface area contributed by atoms with E-state index in [-0.39, 0.29) is 30.2 Å². The van der Waals surface area contributed by atoms with Crippen LogP contribution in [0.25, 0.3) is 0 Å². The molecule has 1 atom stereocenters. The fourth-order valence-electron chi connectivity index (χ4n) is 2.22. The van der Waals surface area contributed by atoms with Crippen LogP contribution in [0.15, 0.2) is 54.6 Å². The van der Waals surface area contributed by atoms with Crippen molar-refractivity contribution in [2.45, 2.75) is 19.9 Å². The molecule has 0 fully saturated rings. The number of amides is 3. The highest BCUT2D eigenvalue weighted by molar-refractivity contribution is 6.04. The molecular weight excluding hydrogens is 344 g/mol. The summed E-state index contributed by atoms with van der Waals surface area (Å²) in [5.74, 6) is -0.995. The maximum absolute atomic E-state index is 12.2. The summed E-state index contributed by atoms with van der Waals surface area (Å²) >= 11 is 0. The molecule has 0 unspecified atom stereocenters. The highest BCUT2D eigenvalue weighted by atomic mass is 16.2. The average molecular weight is 368 g/mol. The molecule has 0 aliphatic heterocycles. The van der Waals surface area contributed by atoms with Crippen molar-refractivity contribution in [3.05, 3.63) is 60.2 Å². The van der Waals surface area contributed by atoms with E-state index in [1.165, 1.54) is 0 Å². The first-order valence-corrected chi connectivity index (χ1v) is 8.66. The van der Waals surface area contributed by atoms with Gasteiger partial charge in [0, 0.05) is 16.9 Å². The monoisotopic (exact) mass is 368 g/mol. The van der Waals surface area contributed by atoms with E-state index in [0.29, 0.717) is 16.9 Å². The quantitative estimate of drug-likeness (QED) is 0.598. The minimum Gasteiger partial charge on any atom is -0.346 e. The number of benzene rings is 2. The van der Waals surface area contributed by atoms with Crippen molar-refractivity contribution in [2.75, 3.05) is 17.2 Å². The number of nitrogens with one attached hydrogen (secondary N) is 3. The van der Waals surface area contributed by atoms with Crippen LogP contribution in [0.4, 0.5) is 11.4 Å². The highest BCUT2D eigenvalue weighted by Gasteiger charge is 2.17. The van der Waals surface area contributed by atoms with Crippen molar-refractivity contribution >= 4 is 29.1 Å². The first-order chi connectivity index (χ1) is 12.9. The van der Waals surface area contributed by atoms with E-state index in [0.717, 1.165) is 0 Å². The molecule has 2 aromatic rings. The average Bonchev–Trinajstić information content (AvgIpc) is 2.66. The molecular formula is C20H24N4O3. The molecule has 0 aliphatic rings. The third kappa shape index (κ3) is 6.23. The smallest absolute Gasteiger partial charge is 0.255 e. The number of carbonyl (C=O) groups excluding carboxylic acids is 3. The lowest BCUT2D eigenvalue weighted by Gasteiger charge is -2.15. The second-order valence-electron chi connectivity index (χ2n) is 6.43. The Labute approximate surface area is 158 Å². The van der Waals surface area contributed by atoms with E-state index < -0.39 is 6.04 Å².